The number of benzene rings is 1. The molecule has 1 N–H and O–H groups in total. The third-order valence-electron chi connectivity index (χ3n) is 3.10. The van der Waals surface area contributed by atoms with Crippen LogP contribution in [0.3, 0.4) is 0 Å². The Labute approximate surface area is 105 Å². The van der Waals surface area contributed by atoms with E-state index in [1.165, 1.54) is 18.2 Å². The fourth-order valence-electron chi connectivity index (χ4n) is 2.15. The predicted octanol–water partition coefficient (Wildman–Crippen LogP) is 3.04. The smallest absolute Gasteiger partial charge is 0.244 e. The first kappa shape index (κ1) is 12.7. The molecule has 96 valence electrons. The topological polar surface area (TPSA) is 29.1 Å². The van der Waals surface area contributed by atoms with Crippen molar-refractivity contribution < 1.29 is 13.6 Å². The van der Waals surface area contributed by atoms with Crippen LogP contribution in [-0.4, -0.2) is 11.9 Å². The Morgan fingerprint density at radius 2 is 1.83 bits per heavy atom. The molecule has 1 aromatic carbocycles. The molecule has 0 aromatic heterocycles. The zero-order valence-corrected chi connectivity index (χ0v) is 9.96. The van der Waals surface area contributed by atoms with Gasteiger partial charge in [-0.1, -0.05) is 18.9 Å². The van der Waals surface area contributed by atoms with Gasteiger partial charge in [0.1, 0.15) is 11.6 Å². The van der Waals surface area contributed by atoms with E-state index in [0.717, 1.165) is 37.8 Å². The van der Waals surface area contributed by atoms with Crippen molar-refractivity contribution in [3.05, 3.63) is 41.5 Å². The van der Waals surface area contributed by atoms with Gasteiger partial charge in [0.25, 0.3) is 0 Å². The van der Waals surface area contributed by atoms with Crippen LogP contribution >= 0.6 is 0 Å². The van der Waals surface area contributed by atoms with Crippen molar-refractivity contribution in [2.24, 2.45) is 0 Å². The fourth-order valence-corrected chi connectivity index (χ4v) is 2.15. The van der Waals surface area contributed by atoms with E-state index in [9.17, 15) is 13.6 Å². The van der Waals surface area contributed by atoms with Crippen LogP contribution < -0.4 is 5.32 Å². The number of nitrogens with one attached hydrogen (secondary N) is 1. The van der Waals surface area contributed by atoms with Gasteiger partial charge < -0.3 is 5.32 Å². The first-order valence-electron chi connectivity index (χ1n) is 6.09. The minimum Gasteiger partial charge on any atom is -0.350 e. The summed E-state index contributed by atoms with van der Waals surface area (Å²) in [6.45, 7) is 0. The third kappa shape index (κ3) is 3.15. The van der Waals surface area contributed by atoms with Gasteiger partial charge in [-0.25, -0.2) is 8.78 Å². The van der Waals surface area contributed by atoms with Crippen LogP contribution in [-0.2, 0) is 4.79 Å². The average molecular weight is 251 g/mol. The lowest BCUT2D eigenvalue weighted by molar-refractivity contribution is -0.117. The fraction of sp³-hybridized carbons (Fsp3) is 0.357. The molecule has 18 heavy (non-hydrogen) atoms. The van der Waals surface area contributed by atoms with Crippen LogP contribution in [0.1, 0.15) is 31.2 Å². The lowest BCUT2D eigenvalue weighted by Gasteiger charge is -2.09. The standard InChI is InChI=1S/C14H15F2NO/c15-12-6-3-7-13(16)11(12)8-9-14(18)17-10-4-1-2-5-10/h3,6-10H,1-2,4-5H2,(H,17,18)/b9-8+. The van der Waals surface area contributed by atoms with Crippen molar-refractivity contribution in [1.82, 2.24) is 5.32 Å². The Morgan fingerprint density at radius 3 is 2.44 bits per heavy atom. The molecule has 0 spiro atoms. The summed E-state index contributed by atoms with van der Waals surface area (Å²) < 4.78 is 26.6. The molecular weight excluding hydrogens is 236 g/mol. The summed E-state index contributed by atoms with van der Waals surface area (Å²) in [5, 5.41) is 2.82. The van der Waals surface area contributed by atoms with Gasteiger partial charge in [0.15, 0.2) is 0 Å². The second kappa shape index (κ2) is 5.76. The first-order valence-corrected chi connectivity index (χ1v) is 6.09. The van der Waals surface area contributed by atoms with Gasteiger partial charge in [-0.15, -0.1) is 0 Å². The molecule has 0 bridgehead atoms. The largest absolute Gasteiger partial charge is 0.350 e. The van der Waals surface area contributed by atoms with E-state index >= 15 is 0 Å². The van der Waals surface area contributed by atoms with Crippen molar-refractivity contribution in [3.8, 4) is 0 Å². The molecule has 1 aliphatic carbocycles. The lowest BCUT2D eigenvalue weighted by Crippen LogP contribution is -2.30. The Hall–Kier alpha value is -1.71. The zero-order chi connectivity index (χ0) is 13.0. The number of halogens is 2. The van der Waals surface area contributed by atoms with Crippen molar-refractivity contribution in [2.45, 2.75) is 31.7 Å². The summed E-state index contributed by atoms with van der Waals surface area (Å²) in [4.78, 5) is 11.6. The summed E-state index contributed by atoms with van der Waals surface area (Å²) in [5.41, 5.74) is -0.181. The van der Waals surface area contributed by atoms with Crippen molar-refractivity contribution >= 4 is 12.0 Å². The average Bonchev–Trinajstić information content (AvgIpc) is 2.81. The minimum atomic E-state index is -0.667. The molecule has 0 heterocycles. The van der Waals surface area contributed by atoms with E-state index in [0.29, 0.717) is 0 Å². The molecule has 2 rings (SSSR count). The number of hydrogen-bond acceptors (Lipinski definition) is 1. The molecule has 1 aromatic rings. The Bertz CT molecular complexity index is 445. The summed E-state index contributed by atoms with van der Waals surface area (Å²) in [6.07, 6.45) is 6.56. The number of hydrogen-bond donors (Lipinski definition) is 1. The van der Waals surface area contributed by atoms with Gasteiger partial charge in [-0.2, -0.15) is 0 Å². The maximum Gasteiger partial charge on any atom is 0.244 e. The summed E-state index contributed by atoms with van der Waals surface area (Å²) in [6, 6.07) is 3.82. The monoisotopic (exact) mass is 251 g/mol. The maximum absolute atomic E-state index is 13.3. The van der Waals surface area contributed by atoms with Crippen LogP contribution in [0, 0.1) is 11.6 Å². The molecule has 0 saturated heterocycles. The van der Waals surface area contributed by atoms with Crippen LogP contribution in [0.15, 0.2) is 24.3 Å². The van der Waals surface area contributed by atoms with E-state index < -0.39 is 11.6 Å². The molecule has 4 heteroatoms. The van der Waals surface area contributed by atoms with E-state index in [-0.39, 0.29) is 17.5 Å². The predicted molar refractivity (Wildman–Crippen MR) is 65.8 cm³/mol. The van der Waals surface area contributed by atoms with Crippen molar-refractivity contribution in [1.29, 1.82) is 0 Å². The lowest BCUT2D eigenvalue weighted by atomic mass is 10.2. The third-order valence-corrected chi connectivity index (χ3v) is 3.10. The van der Waals surface area contributed by atoms with E-state index in [4.69, 9.17) is 0 Å². The number of carbonyl (C=O) groups excluding carboxylic acids is 1. The molecule has 0 atom stereocenters. The zero-order valence-electron chi connectivity index (χ0n) is 9.96. The molecular formula is C14H15F2NO. The number of carbonyl (C=O) groups is 1. The van der Waals surface area contributed by atoms with E-state index in [1.54, 1.807) is 0 Å². The molecule has 1 amide bonds. The summed E-state index contributed by atoms with van der Waals surface area (Å²) >= 11 is 0. The van der Waals surface area contributed by atoms with Crippen molar-refractivity contribution in [2.75, 3.05) is 0 Å². The molecule has 1 aliphatic rings. The quantitative estimate of drug-likeness (QED) is 0.822. The van der Waals surface area contributed by atoms with Crippen LogP contribution in [0.25, 0.3) is 6.08 Å². The summed E-state index contributed by atoms with van der Waals surface area (Å²) in [5.74, 6) is -1.63. The highest BCUT2D eigenvalue weighted by Crippen LogP contribution is 2.18. The highest BCUT2D eigenvalue weighted by Gasteiger charge is 2.15. The van der Waals surface area contributed by atoms with E-state index in [2.05, 4.69) is 5.32 Å². The second-order valence-electron chi connectivity index (χ2n) is 4.46. The number of rotatable bonds is 3. The summed E-state index contributed by atoms with van der Waals surface area (Å²) in [7, 11) is 0. The van der Waals surface area contributed by atoms with Gasteiger partial charge in [0.05, 0.1) is 0 Å². The van der Waals surface area contributed by atoms with Crippen molar-refractivity contribution in [3.63, 3.8) is 0 Å². The molecule has 0 aliphatic heterocycles. The molecule has 1 fully saturated rings. The van der Waals surface area contributed by atoms with Gasteiger partial charge in [0.2, 0.25) is 5.91 Å². The first-order chi connectivity index (χ1) is 8.66. The van der Waals surface area contributed by atoms with Gasteiger partial charge in [0, 0.05) is 17.7 Å². The maximum atomic E-state index is 13.3. The minimum absolute atomic E-state index is 0.181. The Morgan fingerprint density at radius 1 is 1.22 bits per heavy atom. The van der Waals surface area contributed by atoms with Crippen LogP contribution in [0.4, 0.5) is 8.78 Å². The highest BCUT2D eigenvalue weighted by molar-refractivity contribution is 5.91. The van der Waals surface area contributed by atoms with E-state index in [1.807, 2.05) is 0 Å². The molecule has 0 unspecified atom stereocenters. The highest BCUT2D eigenvalue weighted by atomic mass is 19.1. The molecule has 2 nitrogen and oxygen atoms in total. The molecule has 1 saturated carbocycles. The normalized spacial score (nSPS) is 16.3. The SMILES string of the molecule is O=C(/C=C/c1c(F)cccc1F)NC1CCCC1. The van der Waals surface area contributed by atoms with Crippen LogP contribution in [0.5, 0.6) is 0 Å². The Kier molecular flexibility index (Phi) is 4.07. The second-order valence-corrected chi connectivity index (χ2v) is 4.46. The molecule has 0 radical (unpaired) electrons. The number of amides is 1. The van der Waals surface area contributed by atoms with Gasteiger partial charge in [-0.05, 0) is 31.1 Å². The van der Waals surface area contributed by atoms with Crippen LogP contribution in [0.2, 0.25) is 0 Å². The van der Waals surface area contributed by atoms with Gasteiger partial charge in [-0.3, -0.25) is 4.79 Å². The van der Waals surface area contributed by atoms with Gasteiger partial charge >= 0.3 is 0 Å². The Balaban J connectivity index is 1.99.